The van der Waals surface area contributed by atoms with Crippen molar-refractivity contribution < 1.29 is 10.0 Å². The average molecular weight is 203 g/mol. The summed E-state index contributed by atoms with van der Waals surface area (Å²) in [6, 6.07) is 8.39. The van der Waals surface area contributed by atoms with Gasteiger partial charge in [0.1, 0.15) is 0 Å². The lowest BCUT2D eigenvalue weighted by Crippen LogP contribution is -1.90. The van der Waals surface area contributed by atoms with E-state index in [0.29, 0.717) is 5.39 Å². The second-order valence-corrected chi connectivity index (χ2v) is 3.41. The molecule has 0 heterocycles. The first kappa shape index (κ1) is 9.45. The van der Waals surface area contributed by atoms with Crippen LogP contribution in [-0.4, -0.2) is 10.0 Å². The zero-order chi connectivity index (χ0) is 11.0. The number of rotatable bonds is 1. The van der Waals surface area contributed by atoms with Crippen LogP contribution in [0, 0.1) is 17.0 Å². The number of hydrogen-bond acceptors (Lipinski definition) is 3. The first-order valence-corrected chi connectivity index (χ1v) is 4.46. The predicted octanol–water partition coefficient (Wildman–Crippen LogP) is 2.76. The summed E-state index contributed by atoms with van der Waals surface area (Å²) in [4.78, 5) is 10.2. The Kier molecular flexibility index (Phi) is 2.04. The van der Waals surface area contributed by atoms with Crippen molar-refractivity contribution in [3.63, 3.8) is 0 Å². The Labute approximate surface area is 85.9 Å². The number of phenols is 1. The zero-order valence-electron chi connectivity index (χ0n) is 8.10. The van der Waals surface area contributed by atoms with Gasteiger partial charge in [0.2, 0.25) is 0 Å². The molecule has 2 rings (SSSR count). The summed E-state index contributed by atoms with van der Waals surface area (Å²) in [5.74, 6) is -0.293. The van der Waals surface area contributed by atoms with E-state index in [1.54, 1.807) is 18.2 Å². The Morgan fingerprint density at radius 2 is 1.93 bits per heavy atom. The van der Waals surface area contributed by atoms with Gasteiger partial charge >= 0.3 is 5.69 Å². The minimum Gasteiger partial charge on any atom is -0.502 e. The fourth-order valence-corrected chi connectivity index (χ4v) is 1.60. The predicted molar refractivity (Wildman–Crippen MR) is 57.0 cm³/mol. The number of nitrogens with zero attached hydrogens (tertiary/aromatic N) is 1. The van der Waals surface area contributed by atoms with Crippen molar-refractivity contribution in [2.24, 2.45) is 0 Å². The van der Waals surface area contributed by atoms with E-state index in [1.807, 2.05) is 13.0 Å². The van der Waals surface area contributed by atoms with Crippen molar-refractivity contribution in [1.82, 2.24) is 0 Å². The van der Waals surface area contributed by atoms with Crippen LogP contribution in [0.5, 0.6) is 5.75 Å². The van der Waals surface area contributed by atoms with Gasteiger partial charge in [0.15, 0.2) is 5.75 Å². The number of fused-ring (bicyclic) bond motifs is 1. The molecule has 15 heavy (non-hydrogen) atoms. The molecule has 0 saturated carbocycles. The highest BCUT2D eigenvalue weighted by Crippen LogP contribution is 2.34. The highest BCUT2D eigenvalue weighted by atomic mass is 16.6. The van der Waals surface area contributed by atoms with Gasteiger partial charge < -0.3 is 5.11 Å². The lowest BCUT2D eigenvalue weighted by Gasteiger charge is -2.02. The van der Waals surface area contributed by atoms with Crippen LogP contribution in [0.25, 0.3) is 10.8 Å². The van der Waals surface area contributed by atoms with Crippen LogP contribution in [0.3, 0.4) is 0 Å². The Hall–Kier alpha value is -2.10. The largest absolute Gasteiger partial charge is 0.502 e. The van der Waals surface area contributed by atoms with Crippen molar-refractivity contribution in [2.45, 2.75) is 6.92 Å². The van der Waals surface area contributed by atoms with E-state index >= 15 is 0 Å². The number of benzene rings is 2. The third kappa shape index (κ3) is 1.50. The van der Waals surface area contributed by atoms with Crippen molar-refractivity contribution in [3.8, 4) is 5.75 Å². The van der Waals surface area contributed by atoms with Crippen molar-refractivity contribution in [3.05, 3.63) is 46.0 Å². The summed E-state index contributed by atoms with van der Waals surface area (Å²) in [7, 11) is 0. The fourth-order valence-electron chi connectivity index (χ4n) is 1.60. The van der Waals surface area contributed by atoms with Crippen LogP contribution in [0.2, 0.25) is 0 Å². The van der Waals surface area contributed by atoms with Gasteiger partial charge in [0.25, 0.3) is 0 Å². The molecular weight excluding hydrogens is 194 g/mol. The van der Waals surface area contributed by atoms with Gasteiger partial charge in [0.05, 0.1) is 10.3 Å². The Morgan fingerprint density at radius 3 is 2.60 bits per heavy atom. The Balaban J connectivity index is 2.90. The Morgan fingerprint density at radius 1 is 1.27 bits per heavy atom. The highest BCUT2D eigenvalue weighted by molar-refractivity contribution is 5.93. The first-order valence-electron chi connectivity index (χ1n) is 4.46. The summed E-state index contributed by atoms with van der Waals surface area (Å²) in [6.45, 7) is 1.85. The van der Waals surface area contributed by atoms with Crippen molar-refractivity contribution in [2.75, 3.05) is 0 Å². The minimum absolute atomic E-state index is 0.226. The SMILES string of the molecule is Cc1ccc2ccc(O)c([N+](=O)[O-])c2c1. The molecule has 0 spiro atoms. The number of phenolic OH excluding ortho intramolecular Hbond substituents is 1. The molecule has 0 atom stereocenters. The molecule has 76 valence electrons. The lowest BCUT2D eigenvalue weighted by atomic mass is 10.1. The third-order valence-electron chi connectivity index (χ3n) is 2.31. The summed E-state index contributed by atoms with van der Waals surface area (Å²) < 4.78 is 0. The molecule has 0 aliphatic heterocycles. The van der Waals surface area contributed by atoms with E-state index in [1.165, 1.54) is 6.07 Å². The van der Waals surface area contributed by atoms with Gasteiger partial charge in [-0.15, -0.1) is 0 Å². The maximum absolute atomic E-state index is 10.8. The van der Waals surface area contributed by atoms with Crippen LogP contribution in [0.1, 0.15) is 5.56 Å². The topological polar surface area (TPSA) is 63.4 Å². The van der Waals surface area contributed by atoms with Gasteiger partial charge in [0, 0.05) is 0 Å². The number of aryl methyl sites for hydroxylation is 1. The summed E-state index contributed by atoms with van der Waals surface area (Å²) in [5, 5.41) is 21.4. The smallest absolute Gasteiger partial charge is 0.318 e. The monoisotopic (exact) mass is 203 g/mol. The molecule has 0 unspecified atom stereocenters. The second-order valence-electron chi connectivity index (χ2n) is 3.41. The molecule has 0 saturated heterocycles. The normalized spacial score (nSPS) is 10.5. The van der Waals surface area contributed by atoms with Crippen molar-refractivity contribution in [1.29, 1.82) is 0 Å². The molecule has 0 fully saturated rings. The molecule has 0 bridgehead atoms. The van der Waals surface area contributed by atoms with Gasteiger partial charge in [-0.1, -0.05) is 23.8 Å². The van der Waals surface area contributed by atoms with Gasteiger partial charge in [-0.05, 0) is 24.4 Å². The van der Waals surface area contributed by atoms with Gasteiger partial charge in [-0.3, -0.25) is 10.1 Å². The van der Waals surface area contributed by atoms with Crippen molar-refractivity contribution >= 4 is 16.5 Å². The van der Waals surface area contributed by atoms with Crippen LogP contribution in [0.4, 0.5) is 5.69 Å². The molecule has 2 aromatic rings. The molecule has 4 nitrogen and oxygen atoms in total. The van der Waals surface area contributed by atoms with Crippen LogP contribution in [-0.2, 0) is 0 Å². The molecule has 2 aromatic carbocycles. The van der Waals surface area contributed by atoms with Crippen LogP contribution < -0.4 is 0 Å². The summed E-state index contributed by atoms with van der Waals surface area (Å²) in [5.41, 5.74) is 0.701. The second kappa shape index (κ2) is 3.24. The van der Waals surface area contributed by atoms with E-state index < -0.39 is 4.92 Å². The molecular formula is C11H9NO3. The fraction of sp³-hybridized carbons (Fsp3) is 0.0909. The molecule has 4 heteroatoms. The summed E-state index contributed by atoms with van der Waals surface area (Å²) >= 11 is 0. The highest BCUT2D eigenvalue weighted by Gasteiger charge is 2.17. The number of hydrogen-bond donors (Lipinski definition) is 1. The zero-order valence-corrected chi connectivity index (χ0v) is 8.10. The van der Waals surface area contributed by atoms with Crippen LogP contribution in [0.15, 0.2) is 30.3 Å². The van der Waals surface area contributed by atoms with E-state index in [2.05, 4.69) is 0 Å². The minimum atomic E-state index is -0.558. The standard InChI is InChI=1S/C11H9NO3/c1-7-2-3-8-4-5-10(13)11(12(14)15)9(8)6-7/h2-6,13H,1H3. The summed E-state index contributed by atoms with van der Waals surface area (Å²) in [6.07, 6.45) is 0. The van der Waals surface area contributed by atoms with E-state index in [4.69, 9.17) is 0 Å². The Bertz CT molecular complexity index is 544. The van der Waals surface area contributed by atoms with E-state index in [0.717, 1.165) is 10.9 Å². The number of aromatic hydroxyl groups is 1. The molecule has 0 amide bonds. The van der Waals surface area contributed by atoms with Crippen LogP contribution >= 0.6 is 0 Å². The van der Waals surface area contributed by atoms with Gasteiger partial charge in [-0.25, -0.2) is 0 Å². The average Bonchev–Trinajstić information content (AvgIpc) is 2.16. The molecule has 0 aliphatic rings. The number of nitro benzene ring substituents is 1. The third-order valence-corrected chi connectivity index (χ3v) is 2.31. The maximum atomic E-state index is 10.8. The molecule has 0 aromatic heterocycles. The van der Waals surface area contributed by atoms with E-state index in [-0.39, 0.29) is 11.4 Å². The maximum Gasteiger partial charge on any atom is 0.318 e. The molecule has 0 aliphatic carbocycles. The molecule has 0 radical (unpaired) electrons. The lowest BCUT2D eigenvalue weighted by molar-refractivity contribution is -0.384. The number of nitro groups is 1. The van der Waals surface area contributed by atoms with Gasteiger partial charge in [-0.2, -0.15) is 0 Å². The quantitative estimate of drug-likeness (QED) is 0.572. The van der Waals surface area contributed by atoms with E-state index in [9.17, 15) is 15.2 Å². The first-order chi connectivity index (χ1) is 7.09. The molecule has 1 N–H and O–H groups in total.